The molecule has 6 aromatic rings. The van der Waals surface area contributed by atoms with E-state index in [1.807, 2.05) is 69.6 Å². The average molecular weight is 543 g/mol. The van der Waals surface area contributed by atoms with Crippen molar-refractivity contribution >= 4 is 40.2 Å². The molecule has 0 saturated heterocycles. The second-order valence-electron chi connectivity index (χ2n) is 10.1. The Bertz CT molecular complexity index is 1950. The number of amides is 1. The standard InChI is InChI=1S/C30H26N10O/c1-16-11-35-30(36-25-10-17(2)39(3)38-25)37-26(16)22-14-32-27-20(22)7-5-9-24(27)40-15-23-19(6-4-8-21(23)28(40)41)18-12-33-29(31)34-13-18/h4-14,32H,15H2,1-3H3,(H2,31,33,34)(H,35,36,37,38). The van der Waals surface area contributed by atoms with Crippen molar-refractivity contribution in [2.75, 3.05) is 16.0 Å². The van der Waals surface area contributed by atoms with Crippen molar-refractivity contribution in [3.05, 3.63) is 89.6 Å². The number of aromatic nitrogens is 7. The van der Waals surface area contributed by atoms with Crippen molar-refractivity contribution in [3.63, 3.8) is 0 Å². The second-order valence-corrected chi connectivity index (χ2v) is 10.1. The molecule has 7 rings (SSSR count). The molecule has 1 aliphatic heterocycles. The Kier molecular flexibility index (Phi) is 5.53. The number of H-pyrrole nitrogens is 1. The lowest BCUT2D eigenvalue weighted by Gasteiger charge is -2.17. The Labute approximate surface area is 235 Å². The number of carbonyl (C=O) groups excluding carboxylic acids is 1. The molecule has 5 heterocycles. The van der Waals surface area contributed by atoms with Gasteiger partial charge in [-0.3, -0.25) is 9.48 Å². The highest BCUT2D eigenvalue weighted by Crippen LogP contribution is 2.39. The molecule has 11 nitrogen and oxygen atoms in total. The van der Waals surface area contributed by atoms with Crippen LogP contribution < -0.4 is 16.0 Å². The number of rotatable bonds is 5. The van der Waals surface area contributed by atoms with Gasteiger partial charge in [-0.1, -0.05) is 24.3 Å². The van der Waals surface area contributed by atoms with Gasteiger partial charge in [-0.15, -0.1) is 0 Å². The Hall–Kier alpha value is -5.58. The van der Waals surface area contributed by atoms with Gasteiger partial charge in [-0.2, -0.15) is 5.10 Å². The Morgan fingerprint density at radius 2 is 1.76 bits per heavy atom. The molecule has 1 amide bonds. The van der Waals surface area contributed by atoms with Crippen LogP contribution in [0.2, 0.25) is 0 Å². The molecule has 202 valence electrons. The fourth-order valence-corrected chi connectivity index (χ4v) is 5.35. The maximum atomic E-state index is 13.7. The Morgan fingerprint density at radius 3 is 2.54 bits per heavy atom. The molecule has 0 radical (unpaired) electrons. The van der Waals surface area contributed by atoms with Crippen LogP contribution in [0.1, 0.15) is 27.2 Å². The number of nitrogens with one attached hydrogen (secondary N) is 2. The molecular formula is C30H26N10O. The number of aromatic amines is 1. The summed E-state index contributed by atoms with van der Waals surface area (Å²) in [6.45, 7) is 4.39. The molecule has 0 aliphatic carbocycles. The number of para-hydroxylation sites is 1. The smallest absolute Gasteiger partial charge is 0.259 e. The Balaban J connectivity index is 1.26. The van der Waals surface area contributed by atoms with Crippen LogP contribution in [0.5, 0.6) is 0 Å². The quantitative estimate of drug-likeness (QED) is 0.279. The van der Waals surface area contributed by atoms with E-state index in [0.29, 0.717) is 23.9 Å². The summed E-state index contributed by atoms with van der Waals surface area (Å²) < 4.78 is 1.79. The maximum absolute atomic E-state index is 13.7. The molecule has 4 aromatic heterocycles. The van der Waals surface area contributed by atoms with Crippen LogP contribution in [-0.2, 0) is 13.6 Å². The van der Waals surface area contributed by atoms with Crippen LogP contribution in [0.3, 0.4) is 0 Å². The molecule has 0 unspecified atom stereocenters. The molecule has 11 heteroatoms. The predicted octanol–water partition coefficient (Wildman–Crippen LogP) is 4.92. The van der Waals surface area contributed by atoms with E-state index in [9.17, 15) is 4.79 Å². The number of nitrogens with zero attached hydrogens (tertiary/aromatic N) is 7. The van der Waals surface area contributed by atoms with Gasteiger partial charge in [-0.05, 0) is 42.7 Å². The normalized spacial score (nSPS) is 12.8. The molecule has 4 N–H and O–H groups in total. The monoisotopic (exact) mass is 542 g/mol. The number of aryl methyl sites for hydroxylation is 3. The largest absolute Gasteiger partial charge is 0.368 e. The van der Waals surface area contributed by atoms with Crippen molar-refractivity contribution < 1.29 is 4.79 Å². The summed E-state index contributed by atoms with van der Waals surface area (Å²) in [7, 11) is 1.89. The number of carbonyl (C=O) groups is 1. The number of nitrogens with two attached hydrogens (primary N) is 1. The van der Waals surface area contributed by atoms with E-state index < -0.39 is 0 Å². The summed E-state index contributed by atoms with van der Waals surface area (Å²) in [6.07, 6.45) is 7.10. The molecule has 0 bridgehead atoms. The first kappa shape index (κ1) is 24.5. The van der Waals surface area contributed by atoms with E-state index in [1.54, 1.807) is 28.2 Å². The lowest BCUT2D eigenvalue weighted by Crippen LogP contribution is -2.23. The minimum atomic E-state index is -0.0581. The van der Waals surface area contributed by atoms with Gasteiger partial charge in [0, 0.05) is 65.7 Å². The van der Waals surface area contributed by atoms with Crippen molar-refractivity contribution in [2.24, 2.45) is 7.05 Å². The first-order chi connectivity index (χ1) is 19.9. The summed E-state index contributed by atoms with van der Waals surface area (Å²) in [4.78, 5) is 36.5. The highest BCUT2D eigenvalue weighted by atomic mass is 16.2. The fraction of sp³-hybridized carbons (Fsp3) is 0.133. The van der Waals surface area contributed by atoms with E-state index in [4.69, 9.17) is 10.7 Å². The van der Waals surface area contributed by atoms with Gasteiger partial charge in [0.1, 0.15) is 0 Å². The van der Waals surface area contributed by atoms with Gasteiger partial charge in [0.15, 0.2) is 5.82 Å². The van der Waals surface area contributed by atoms with Gasteiger partial charge in [0.2, 0.25) is 11.9 Å². The third-order valence-corrected chi connectivity index (χ3v) is 7.52. The van der Waals surface area contributed by atoms with Crippen molar-refractivity contribution in [1.29, 1.82) is 0 Å². The minimum Gasteiger partial charge on any atom is -0.368 e. The molecule has 0 fully saturated rings. The van der Waals surface area contributed by atoms with E-state index in [1.165, 1.54) is 0 Å². The first-order valence-electron chi connectivity index (χ1n) is 13.1. The molecule has 1 aliphatic rings. The zero-order valence-corrected chi connectivity index (χ0v) is 22.7. The third kappa shape index (κ3) is 4.06. The number of anilines is 4. The highest BCUT2D eigenvalue weighted by Gasteiger charge is 2.32. The SMILES string of the molecule is Cc1cnc(Nc2cc(C)n(C)n2)nc1-c1c[nH]c2c(N3Cc4c(cccc4-c4cnc(N)nc4)C3=O)cccc12. The van der Waals surface area contributed by atoms with Gasteiger partial charge in [0.25, 0.3) is 5.91 Å². The van der Waals surface area contributed by atoms with Gasteiger partial charge < -0.3 is 20.9 Å². The molecule has 0 spiro atoms. The van der Waals surface area contributed by atoms with Crippen LogP contribution in [0, 0.1) is 13.8 Å². The van der Waals surface area contributed by atoms with Crippen LogP contribution in [-0.4, -0.2) is 40.6 Å². The molecule has 0 saturated carbocycles. The summed E-state index contributed by atoms with van der Waals surface area (Å²) >= 11 is 0. The fourth-order valence-electron chi connectivity index (χ4n) is 5.35. The molecule has 0 atom stereocenters. The van der Waals surface area contributed by atoms with E-state index in [0.717, 1.165) is 55.8 Å². The lowest BCUT2D eigenvalue weighted by atomic mass is 9.99. The van der Waals surface area contributed by atoms with Gasteiger partial charge in [0.05, 0.1) is 23.4 Å². The third-order valence-electron chi connectivity index (χ3n) is 7.52. The molecule has 2 aromatic carbocycles. The number of hydrogen-bond donors (Lipinski definition) is 3. The number of benzene rings is 2. The van der Waals surface area contributed by atoms with Crippen LogP contribution in [0.4, 0.5) is 23.4 Å². The number of hydrogen-bond acceptors (Lipinski definition) is 8. The lowest BCUT2D eigenvalue weighted by molar-refractivity contribution is 0.0997. The average Bonchev–Trinajstić information content (AvgIpc) is 3.65. The summed E-state index contributed by atoms with van der Waals surface area (Å²) in [6, 6.07) is 13.6. The Morgan fingerprint density at radius 1 is 0.976 bits per heavy atom. The van der Waals surface area contributed by atoms with E-state index in [-0.39, 0.29) is 11.9 Å². The van der Waals surface area contributed by atoms with E-state index >= 15 is 0 Å². The van der Waals surface area contributed by atoms with Crippen LogP contribution in [0.15, 0.2) is 67.3 Å². The number of nitrogen functional groups attached to an aromatic ring is 1. The van der Waals surface area contributed by atoms with Crippen LogP contribution in [0.25, 0.3) is 33.3 Å². The van der Waals surface area contributed by atoms with Crippen LogP contribution >= 0.6 is 0 Å². The highest BCUT2D eigenvalue weighted by molar-refractivity contribution is 6.15. The zero-order chi connectivity index (χ0) is 28.2. The summed E-state index contributed by atoms with van der Waals surface area (Å²) in [5.74, 6) is 1.29. The topological polar surface area (TPSA) is 144 Å². The van der Waals surface area contributed by atoms with Gasteiger partial charge in [-0.25, -0.2) is 19.9 Å². The molecular weight excluding hydrogens is 516 g/mol. The minimum absolute atomic E-state index is 0.0581. The molecule has 41 heavy (non-hydrogen) atoms. The van der Waals surface area contributed by atoms with Crippen molar-refractivity contribution in [3.8, 4) is 22.4 Å². The second kappa shape index (κ2) is 9.26. The van der Waals surface area contributed by atoms with E-state index in [2.05, 4.69) is 30.4 Å². The number of fused-ring (bicyclic) bond motifs is 2. The van der Waals surface area contributed by atoms with Crippen molar-refractivity contribution in [1.82, 2.24) is 34.7 Å². The zero-order valence-electron chi connectivity index (χ0n) is 22.7. The predicted molar refractivity (Wildman–Crippen MR) is 158 cm³/mol. The maximum Gasteiger partial charge on any atom is 0.259 e. The summed E-state index contributed by atoms with van der Waals surface area (Å²) in [5, 5.41) is 8.61. The van der Waals surface area contributed by atoms with Gasteiger partial charge >= 0.3 is 0 Å². The first-order valence-corrected chi connectivity index (χ1v) is 13.1. The summed E-state index contributed by atoms with van der Waals surface area (Å²) in [5.41, 5.74) is 14.3. The van der Waals surface area contributed by atoms with Crippen molar-refractivity contribution in [2.45, 2.75) is 20.4 Å².